The number of halogens is 2. The zero-order chi connectivity index (χ0) is 15.4. The number of hydrogen-bond acceptors (Lipinski definition) is 3. The molecule has 0 unspecified atom stereocenters. The van der Waals surface area contributed by atoms with Crippen LogP contribution < -0.4 is 9.47 Å². The van der Waals surface area contributed by atoms with Crippen molar-refractivity contribution in [1.82, 2.24) is 0 Å². The molecule has 2 aromatic rings. The predicted molar refractivity (Wildman–Crippen MR) is 81.1 cm³/mol. The third-order valence-electron chi connectivity index (χ3n) is 2.81. The van der Waals surface area contributed by atoms with Crippen LogP contribution in [0.2, 0.25) is 0 Å². The minimum atomic E-state index is -0.655. The van der Waals surface area contributed by atoms with E-state index in [1.165, 1.54) is 12.1 Å². The maximum Gasteiger partial charge on any atom is 0.349 e. The molecule has 0 aliphatic carbocycles. The number of ether oxygens (including phenoxy) is 2. The minimum Gasteiger partial charge on any atom is -0.482 e. The number of hydrogen-bond donors (Lipinski definition) is 0. The zero-order valence-electron chi connectivity index (χ0n) is 11.7. The van der Waals surface area contributed by atoms with Gasteiger partial charge in [0.1, 0.15) is 5.75 Å². The molecule has 0 amide bonds. The highest BCUT2D eigenvalue weighted by Crippen LogP contribution is 2.22. The van der Waals surface area contributed by atoms with Gasteiger partial charge in [0.25, 0.3) is 0 Å². The lowest BCUT2D eigenvalue weighted by Gasteiger charge is -2.10. The molecule has 2 rings (SSSR count). The highest BCUT2D eigenvalue weighted by Gasteiger charge is 2.11. The highest BCUT2D eigenvalue weighted by molar-refractivity contribution is 9.10. The number of esters is 1. The minimum absolute atomic E-state index is 0.118. The summed E-state index contributed by atoms with van der Waals surface area (Å²) in [4.78, 5) is 11.7. The first-order valence-electron chi connectivity index (χ1n) is 6.31. The molecule has 110 valence electrons. The van der Waals surface area contributed by atoms with Crippen LogP contribution in [-0.4, -0.2) is 12.6 Å². The molecule has 0 radical (unpaired) electrons. The van der Waals surface area contributed by atoms with Crippen LogP contribution in [0.3, 0.4) is 0 Å². The first-order chi connectivity index (χ1) is 9.95. The fourth-order valence-corrected chi connectivity index (χ4v) is 2.04. The van der Waals surface area contributed by atoms with Crippen molar-refractivity contribution in [2.45, 2.75) is 13.8 Å². The summed E-state index contributed by atoms with van der Waals surface area (Å²) in [5.41, 5.74) is 1.95. The summed E-state index contributed by atoms with van der Waals surface area (Å²) >= 11 is 3.13. The van der Waals surface area contributed by atoms with E-state index in [1.807, 2.05) is 32.0 Å². The van der Waals surface area contributed by atoms with E-state index in [0.29, 0.717) is 10.2 Å². The SMILES string of the molecule is Cc1ccc(C)c(OCC(=O)Oc2ccc(Br)cc2F)c1. The van der Waals surface area contributed by atoms with E-state index in [1.54, 1.807) is 6.07 Å². The van der Waals surface area contributed by atoms with Crippen LogP contribution in [0.5, 0.6) is 11.5 Å². The van der Waals surface area contributed by atoms with Gasteiger partial charge < -0.3 is 9.47 Å². The smallest absolute Gasteiger partial charge is 0.349 e. The normalized spacial score (nSPS) is 10.3. The number of carbonyl (C=O) groups is 1. The summed E-state index contributed by atoms with van der Waals surface area (Å²) in [6.45, 7) is 3.54. The van der Waals surface area contributed by atoms with Crippen molar-refractivity contribution in [2.24, 2.45) is 0 Å². The van der Waals surface area contributed by atoms with E-state index in [9.17, 15) is 9.18 Å². The molecule has 0 aliphatic heterocycles. The molecule has 0 aliphatic rings. The van der Waals surface area contributed by atoms with Gasteiger partial charge in [-0.15, -0.1) is 0 Å². The molecule has 0 spiro atoms. The summed E-state index contributed by atoms with van der Waals surface area (Å²) in [7, 11) is 0. The Morgan fingerprint density at radius 1 is 1.14 bits per heavy atom. The fourth-order valence-electron chi connectivity index (χ4n) is 1.71. The van der Waals surface area contributed by atoms with E-state index in [2.05, 4.69) is 15.9 Å². The number of carbonyl (C=O) groups excluding carboxylic acids is 1. The Labute approximate surface area is 130 Å². The Morgan fingerprint density at radius 2 is 1.90 bits per heavy atom. The summed E-state index contributed by atoms with van der Waals surface area (Å²) < 4.78 is 24.5. The van der Waals surface area contributed by atoms with Crippen molar-refractivity contribution < 1.29 is 18.7 Å². The van der Waals surface area contributed by atoms with Gasteiger partial charge in [-0.1, -0.05) is 28.1 Å². The Bertz CT molecular complexity index is 671. The Morgan fingerprint density at radius 3 is 2.62 bits per heavy atom. The van der Waals surface area contributed by atoms with Gasteiger partial charge in [0.15, 0.2) is 18.2 Å². The second-order valence-electron chi connectivity index (χ2n) is 4.61. The number of benzene rings is 2. The third-order valence-corrected chi connectivity index (χ3v) is 3.30. The molecule has 21 heavy (non-hydrogen) atoms. The molecule has 0 saturated heterocycles. The molecule has 2 aromatic carbocycles. The lowest BCUT2D eigenvalue weighted by Crippen LogP contribution is -2.18. The van der Waals surface area contributed by atoms with Crippen molar-refractivity contribution in [3.63, 3.8) is 0 Å². The molecular formula is C16H14BrFO3. The maximum atomic E-state index is 13.5. The van der Waals surface area contributed by atoms with Gasteiger partial charge in [-0.2, -0.15) is 0 Å². The van der Waals surface area contributed by atoms with Crippen molar-refractivity contribution in [1.29, 1.82) is 0 Å². The van der Waals surface area contributed by atoms with Crippen molar-refractivity contribution in [2.75, 3.05) is 6.61 Å². The molecule has 0 saturated carbocycles. The lowest BCUT2D eigenvalue weighted by molar-refractivity contribution is -0.136. The van der Waals surface area contributed by atoms with Crippen LogP contribution in [0.15, 0.2) is 40.9 Å². The van der Waals surface area contributed by atoms with Crippen molar-refractivity contribution in [3.05, 3.63) is 57.8 Å². The van der Waals surface area contributed by atoms with Gasteiger partial charge in [0.2, 0.25) is 0 Å². The van der Waals surface area contributed by atoms with E-state index in [4.69, 9.17) is 9.47 Å². The number of rotatable bonds is 4. The lowest BCUT2D eigenvalue weighted by atomic mass is 10.1. The van der Waals surface area contributed by atoms with Crippen LogP contribution in [0.1, 0.15) is 11.1 Å². The van der Waals surface area contributed by atoms with Gasteiger partial charge in [-0.3, -0.25) is 0 Å². The first-order valence-corrected chi connectivity index (χ1v) is 7.11. The van der Waals surface area contributed by atoms with Gasteiger partial charge in [0.05, 0.1) is 0 Å². The molecule has 0 N–H and O–H groups in total. The van der Waals surface area contributed by atoms with Crippen LogP contribution in [-0.2, 0) is 4.79 Å². The quantitative estimate of drug-likeness (QED) is 0.611. The molecular weight excluding hydrogens is 339 g/mol. The first kappa shape index (κ1) is 15.5. The molecule has 5 heteroatoms. The molecule has 3 nitrogen and oxygen atoms in total. The molecule has 0 heterocycles. The predicted octanol–water partition coefficient (Wildman–Crippen LogP) is 4.19. The summed E-state index contributed by atoms with van der Waals surface area (Å²) in [5.74, 6) is -0.766. The average Bonchev–Trinajstić information content (AvgIpc) is 2.43. The second-order valence-corrected chi connectivity index (χ2v) is 5.52. The van der Waals surface area contributed by atoms with Crippen LogP contribution in [0, 0.1) is 19.7 Å². The van der Waals surface area contributed by atoms with Crippen molar-refractivity contribution >= 4 is 21.9 Å². The van der Waals surface area contributed by atoms with Gasteiger partial charge in [-0.05, 0) is 49.2 Å². The average molecular weight is 353 g/mol. The second kappa shape index (κ2) is 6.72. The summed E-state index contributed by atoms with van der Waals surface area (Å²) in [5, 5.41) is 0. The van der Waals surface area contributed by atoms with Gasteiger partial charge >= 0.3 is 5.97 Å². The van der Waals surface area contributed by atoms with E-state index >= 15 is 0 Å². The third kappa shape index (κ3) is 4.29. The van der Waals surface area contributed by atoms with Gasteiger partial charge in [-0.25, -0.2) is 9.18 Å². The molecule has 0 bridgehead atoms. The van der Waals surface area contributed by atoms with Crippen LogP contribution in [0.4, 0.5) is 4.39 Å². The monoisotopic (exact) mass is 352 g/mol. The standard InChI is InChI=1S/C16H14BrFO3/c1-10-3-4-11(2)15(7-10)20-9-16(19)21-14-6-5-12(17)8-13(14)18/h3-8H,9H2,1-2H3. The van der Waals surface area contributed by atoms with E-state index in [0.717, 1.165) is 11.1 Å². The van der Waals surface area contributed by atoms with Gasteiger partial charge in [0, 0.05) is 4.47 Å². The van der Waals surface area contributed by atoms with Crippen LogP contribution >= 0.6 is 15.9 Å². The van der Waals surface area contributed by atoms with E-state index < -0.39 is 11.8 Å². The molecule has 0 fully saturated rings. The maximum absolute atomic E-state index is 13.5. The molecule has 0 atom stereocenters. The summed E-state index contributed by atoms with van der Waals surface area (Å²) in [6.07, 6.45) is 0. The fraction of sp³-hybridized carbons (Fsp3) is 0.188. The Hall–Kier alpha value is -1.88. The number of aryl methyl sites for hydroxylation is 2. The Balaban J connectivity index is 1.97. The zero-order valence-corrected chi connectivity index (χ0v) is 13.2. The topological polar surface area (TPSA) is 35.5 Å². The Kier molecular flexibility index (Phi) is 4.96. The largest absolute Gasteiger partial charge is 0.482 e. The van der Waals surface area contributed by atoms with Crippen molar-refractivity contribution in [3.8, 4) is 11.5 Å². The van der Waals surface area contributed by atoms with Crippen LogP contribution in [0.25, 0.3) is 0 Å². The van der Waals surface area contributed by atoms with E-state index in [-0.39, 0.29) is 12.4 Å². The summed E-state index contributed by atoms with van der Waals surface area (Å²) in [6, 6.07) is 9.91. The highest BCUT2D eigenvalue weighted by atomic mass is 79.9. The molecule has 0 aromatic heterocycles.